The van der Waals surface area contributed by atoms with Gasteiger partial charge in [0.1, 0.15) is 5.52 Å². The molecule has 0 bridgehead atoms. The zero-order valence-corrected chi connectivity index (χ0v) is 10.8. The van der Waals surface area contributed by atoms with Crippen molar-refractivity contribution in [3.05, 3.63) is 18.5 Å². The van der Waals surface area contributed by atoms with Crippen molar-refractivity contribution < 1.29 is 0 Å². The van der Waals surface area contributed by atoms with Crippen LogP contribution in [0.1, 0.15) is 19.8 Å². The molecule has 1 aliphatic heterocycles. The van der Waals surface area contributed by atoms with Crippen LogP contribution in [0.2, 0.25) is 0 Å². The molecule has 2 aromatic rings. The summed E-state index contributed by atoms with van der Waals surface area (Å²) in [5.74, 6) is 0.728. The molecule has 0 spiro atoms. The molecule has 5 nitrogen and oxygen atoms in total. The first-order valence-corrected chi connectivity index (χ1v) is 6.72. The molecule has 1 fully saturated rings. The number of hydrogen-bond acceptors (Lipinski definition) is 4. The molecular formula is C13H19N5. The molecule has 3 heterocycles. The first-order chi connectivity index (χ1) is 8.86. The van der Waals surface area contributed by atoms with E-state index in [4.69, 9.17) is 0 Å². The molecule has 0 radical (unpaired) electrons. The van der Waals surface area contributed by atoms with Crippen molar-refractivity contribution in [1.29, 1.82) is 0 Å². The van der Waals surface area contributed by atoms with Gasteiger partial charge in [-0.25, -0.2) is 4.68 Å². The summed E-state index contributed by atoms with van der Waals surface area (Å²) in [7, 11) is 0. The van der Waals surface area contributed by atoms with Crippen molar-refractivity contribution >= 4 is 11.0 Å². The van der Waals surface area contributed by atoms with Gasteiger partial charge in [0.25, 0.3) is 0 Å². The van der Waals surface area contributed by atoms with Crippen LogP contribution >= 0.6 is 0 Å². The van der Waals surface area contributed by atoms with Gasteiger partial charge < -0.3 is 4.90 Å². The summed E-state index contributed by atoms with van der Waals surface area (Å²) in [4.78, 5) is 6.59. The molecule has 0 aromatic carbocycles. The van der Waals surface area contributed by atoms with Crippen molar-refractivity contribution in [3.8, 4) is 0 Å². The fourth-order valence-electron chi connectivity index (χ4n) is 2.69. The Labute approximate surface area is 107 Å². The number of nitrogens with zero attached hydrogens (tertiary/aromatic N) is 5. The van der Waals surface area contributed by atoms with E-state index >= 15 is 0 Å². The molecule has 0 atom stereocenters. The Morgan fingerprint density at radius 3 is 2.94 bits per heavy atom. The van der Waals surface area contributed by atoms with E-state index in [1.165, 1.54) is 32.5 Å². The maximum atomic E-state index is 4.24. The SMILES string of the molecule is CCN1CCC(Cn2nnc3cnccc32)CC1. The second kappa shape index (κ2) is 5.02. The summed E-state index contributed by atoms with van der Waals surface area (Å²) in [5, 5.41) is 8.40. The molecule has 1 aliphatic rings. The van der Waals surface area contributed by atoms with Gasteiger partial charge in [0.2, 0.25) is 0 Å². The summed E-state index contributed by atoms with van der Waals surface area (Å²) in [6.45, 7) is 6.83. The zero-order valence-electron chi connectivity index (χ0n) is 10.8. The fraction of sp³-hybridized carbons (Fsp3) is 0.615. The van der Waals surface area contributed by atoms with E-state index in [-0.39, 0.29) is 0 Å². The molecule has 0 N–H and O–H groups in total. The smallest absolute Gasteiger partial charge is 0.131 e. The highest BCUT2D eigenvalue weighted by atomic mass is 15.4. The third-order valence-corrected chi connectivity index (χ3v) is 3.90. The minimum atomic E-state index is 0.728. The Bertz CT molecular complexity index is 513. The van der Waals surface area contributed by atoms with Gasteiger partial charge >= 0.3 is 0 Å². The second-order valence-electron chi connectivity index (χ2n) is 5.01. The Hall–Kier alpha value is -1.49. The lowest BCUT2D eigenvalue weighted by Crippen LogP contribution is -2.34. The predicted octanol–water partition coefficient (Wildman–Crippen LogP) is 1.56. The maximum Gasteiger partial charge on any atom is 0.131 e. The van der Waals surface area contributed by atoms with E-state index < -0.39 is 0 Å². The van der Waals surface area contributed by atoms with Crippen LogP contribution in [0.15, 0.2) is 18.5 Å². The van der Waals surface area contributed by atoms with Crippen molar-refractivity contribution in [1.82, 2.24) is 24.9 Å². The predicted molar refractivity (Wildman–Crippen MR) is 70.2 cm³/mol. The summed E-state index contributed by atoms with van der Waals surface area (Å²) in [6, 6.07) is 2.00. The summed E-state index contributed by atoms with van der Waals surface area (Å²) < 4.78 is 2.03. The normalized spacial score (nSPS) is 18.5. The summed E-state index contributed by atoms with van der Waals surface area (Å²) >= 11 is 0. The van der Waals surface area contributed by atoms with Crippen LogP contribution in [0.5, 0.6) is 0 Å². The van der Waals surface area contributed by atoms with Gasteiger partial charge in [-0.15, -0.1) is 5.10 Å². The average Bonchev–Trinajstić information content (AvgIpc) is 2.83. The first-order valence-electron chi connectivity index (χ1n) is 6.72. The van der Waals surface area contributed by atoms with Gasteiger partial charge in [-0.05, 0) is 44.5 Å². The van der Waals surface area contributed by atoms with Crippen LogP contribution < -0.4 is 0 Å². The lowest BCUT2D eigenvalue weighted by molar-refractivity contribution is 0.178. The largest absolute Gasteiger partial charge is 0.304 e. The molecule has 0 amide bonds. The molecule has 0 unspecified atom stereocenters. The van der Waals surface area contributed by atoms with E-state index in [1.807, 2.05) is 16.9 Å². The average molecular weight is 245 g/mol. The van der Waals surface area contributed by atoms with Crippen molar-refractivity contribution in [2.45, 2.75) is 26.3 Å². The number of piperidine rings is 1. The Kier molecular flexibility index (Phi) is 3.23. The number of likely N-dealkylation sites (tertiary alicyclic amines) is 1. The molecular weight excluding hydrogens is 226 g/mol. The third-order valence-electron chi connectivity index (χ3n) is 3.90. The summed E-state index contributed by atoms with van der Waals surface area (Å²) in [5.41, 5.74) is 1.99. The van der Waals surface area contributed by atoms with E-state index in [9.17, 15) is 0 Å². The Morgan fingerprint density at radius 1 is 1.33 bits per heavy atom. The van der Waals surface area contributed by atoms with Crippen molar-refractivity contribution in [2.75, 3.05) is 19.6 Å². The summed E-state index contributed by atoms with van der Waals surface area (Å²) in [6.07, 6.45) is 6.11. The topological polar surface area (TPSA) is 46.8 Å². The van der Waals surface area contributed by atoms with Crippen LogP contribution in [0.4, 0.5) is 0 Å². The zero-order chi connectivity index (χ0) is 12.4. The molecule has 18 heavy (non-hydrogen) atoms. The van der Waals surface area contributed by atoms with Crippen LogP contribution in [0.3, 0.4) is 0 Å². The minimum absolute atomic E-state index is 0.728. The van der Waals surface area contributed by atoms with Gasteiger partial charge in [0.15, 0.2) is 0 Å². The Balaban J connectivity index is 1.70. The molecule has 5 heteroatoms. The Morgan fingerprint density at radius 2 is 2.17 bits per heavy atom. The lowest BCUT2D eigenvalue weighted by atomic mass is 9.97. The van der Waals surface area contributed by atoms with Gasteiger partial charge in [0.05, 0.1) is 11.7 Å². The number of pyridine rings is 1. The highest BCUT2D eigenvalue weighted by molar-refractivity contribution is 5.72. The van der Waals surface area contributed by atoms with E-state index in [2.05, 4.69) is 27.1 Å². The first kappa shape index (κ1) is 11.6. The van der Waals surface area contributed by atoms with Gasteiger partial charge in [-0.2, -0.15) is 0 Å². The molecule has 96 valence electrons. The lowest BCUT2D eigenvalue weighted by Gasteiger charge is -2.30. The van der Waals surface area contributed by atoms with E-state index in [1.54, 1.807) is 6.20 Å². The van der Waals surface area contributed by atoms with Gasteiger partial charge in [-0.1, -0.05) is 12.1 Å². The monoisotopic (exact) mass is 245 g/mol. The number of rotatable bonds is 3. The highest BCUT2D eigenvalue weighted by Gasteiger charge is 2.19. The number of hydrogen-bond donors (Lipinski definition) is 0. The maximum absolute atomic E-state index is 4.24. The van der Waals surface area contributed by atoms with Crippen molar-refractivity contribution in [3.63, 3.8) is 0 Å². The fourth-order valence-corrected chi connectivity index (χ4v) is 2.69. The van der Waals surface area contributed by atoms with Crippen LogP contribution in [0.25, 0.3) is 11.0 Å². The van der Waals surface area contributed by atoms with Gasteiger partial charge in [0, 0.05) is 12.7 Å². The van der Waals surface area contributed by atoms with Crippen LogP contribution in [0, 0.1) is 5.92 Å². The van der Waals surface area contributed by atoms with Crippen molar-refractivity contribution in [2.24, 2.45) is 5.92 Å². The number of fused-ring (bicyclic) bond motifs is 1. The van der Waals surface area contributed by atoms with Crippen LogP contribution in [-0.4, -0.2) is 44.5 Å². The number of aromatic nitrogens is 4. The minimum Gasteiger partial charge on any atom is -0.304 e. The molecule has 3 rings (SSSR count). The molecule has 1 saturated heterocycles. The quantitative estimate of drug-likeness (QED) is 0.823. The van der Waals surface area contributed by atoms with E-state index in [0.29, 0.717) is 0 Å². The molecule has 0 saturated carbocycles. The van der Waals surface area contributed by atoms with E-state index in [0.717, 1.165) is 23.5 Å². The highest BCUT2D eigenvalue weighted by Crippen LogP contribution is 2.20. The molecule has 2 aromatic heterocycles. The molecule has 0 aliphatic carbocycles. The second-order valence-corrected chi connectivity index (χ2v) is 5.01. The van der Waals surface area contributed by atoms with Gasteiger partial charge in [-0.3, -0.25) is 4.98 Å². The standard InChI is InChI=1S/C13H19N5/c1-2-17-7-4-11(5-8-17)10-18-13-3-6-14-9-12(13)15-16-18/h3,6,9,11H,2,4-5,7-8,10H2,1H3. The third kappa shape index (κ3) is 2.22. The van der Waals surface area contributed by atoms with Crippen LogP contribution in [-0.2, 0) is 6.54 Å².